The fourth-order valence-electron chi connectivity index (χ4n) is 3.33. The van der Waals surface area contributed by atoms with Gasteiger partial charge in [-0.15, -0.1) is 0 Å². The van der Waals surface area contributed by atoms with Crippen molar-refractivity contribution in [1.82, 2.24) is 9.80 Å². The first kappa shape index (κ1) is 15.8. The Morgan fingerprint density at radius 2 is 1.95 bits per heavy atom. The summed E-state index contributed by atoms with van der Waals surface area (Å²) >= 11 is 0. The summed E-state index contributed by atoms with van der Waals surface area (Å²) in [5.74, 6) is -0.0286. The quantitative estimate of drug-likeness (QED) is 0.823. The van der Waals surface area contributed by atoms with Gasteiger partial charge < -0.3 is 15.5 Å². The van der Waals surface area contributed by atoms with Gasteiger partial charge in [0.2, 0.25) is 17.7 Å². The second kappa shape index (κ2) is 6.45. The monoisotopic (exact) mass is 295 g/mol. The van der Waals surface area contributed by atoms with Crippen LogP contribution >= 0.6 is 0 Å². The van der Waals surface area contributed by atoms with Gasteiger partial charge in [0.05, 0.1) is 0 Å². The molecule has 21 heavy (non-hydrogen) atoms. The van der Waals surface area contributed by atoms with Crippen molar-refractivity contribution in [3.63, 3.8) is 0 Å². The van der Waals surface area contributed by atoms with Crippen LogP contribution < -0.4 is 5.73 Å². The van der Waals surface area contributed by atoms with E-state index in [1.807, 2.05) is 13.8 Å². The van der Waals surface area contributed by atoms with Gasteiger partial charge in [0.1, 0.15) is 6.04 Å². The largest absolute Gasteiger partial charge is 0.368 e. The third-order valence-electron chi connectivity index (χ3n) is 4.38. The molecule has 6 heteroatoms. The highest BCUT2D eigenvalue weighted by atomic mass is 16.2. The molecule has 0 aromatic carbocycles. The van der Waals surface area contributed by atoms with E-state index in [1.165, 1.54) is 0 Å². The standard InChI is InChI=1S/C15H25N3O3/c1-10(2)9-14(20)17-7-5-11-3-4-12(15(16)21)18(11)13(19)6-8-17/h10-12H,3-9H2,1-2H3,(H2,16,21). The molecule has 0 aliphatic carbocycles. The molecule has 2 N–H and O–H groups in total. The number of carbonyl (C=O) groups excluding carboxylic acids is 3. The normalized spacial score (nSPS) is 26.5. The lowest BCUT2D eigenvalue weighted by Crippen LogP contribution is -2.51. The minimum Gasteiger partial charge on any atom is -0.368 e. The molecule has 0 aromatic rings. The maximum absolute atomic E-state index is 12.3. The topological polar surface area (TPSA) is 83.7 Å². The van der Waals surface area contributed by atoms with E-state index in [2.05, 4.69) is 0 Å². The van der Waals surface area contributed by atoms with Crippen LogP contribution in [0.4, 0.5) is 0 Å². The first-order valence-electron chi connectivity index (χ1n) is 7.78. The maximum atomic E-state index is 12.3. The van der Waals surface area contributed by atoms with Crippen molar-refractivity contribution in [3.05, 3.63) is 0 Å². The Morgan fingerprint density at radius 3 is 2.57 bits per heavy atom. The smallest absolute Gasteiger partial charge is 0.240 e. The van der Waals surface area contributed by atoms with Gasteiger partial charge in [-0.2, -0.15) is 0 Å². The Balaban J connectivity index is 2.04. The summed E-state index contributed by atoms with van der Waals surface area (Å²) in [6, 6.07) is -0.412. The molecule has 0 saturated carbocycles. The van der Waals surface area contributed by atoms with Crippen molar-refractivity contribution in [2.45, 2.75) is 58.0 Å². The number of fused-ring (bicyclic) bond motifs is 1. The van der Waals surface area contributed by atoms with E-state index in [0.717, 1.165) is 12.8 Å². The first-order valence-corrected chi connectivity index (χ1v) is 7.78. The molecule has 3 amide bonds. The number of primary amides is 1. The molecule has 2 saturated heterocycles. The fourth-order valence-corrected chi connectivity index (χ4v) is 3.33. The Kier molecular flexibility index (Phi) is 4.85. The van der Waals surface area contributed by atoms with Crippen LogP contribution in [0.2, 0.25) is 0 Å². The molecular formula is C15H25N3O3. The van der Waals surface area contributed by atoms with Crippen molar-refractivity contribution < 1.29 is 14.4 Å². The molecule has 118 valence electrons. The van der Waals surface area contributed by atoms with E-state index in [4.69, 9.17) is 5.73 Å². The third-order valence-corrected chi connectivity index (χ3v) is 4.38. The van der Waals surface area contributed by atoms with Crippen LogP contribution in [-0.4, -0.2) is 52.7 Å². The Hall–Kier alpha value is -1.59. The highest BCUT2D eigenvalue weighted by Crippen LogP contribution is 2.29. The predicted molar refractivity (Wildman–Crippen MR) is 78.1 cm³/mol. The zero-order valence-electron chi connectivity index (χ0n) is 12.9. The predicted octanol–water partition coefficient (Wildman–Crippen LogP) is 0.500. The molecule has 2 aliphatic rings. The number of rotatable bonds is 3. The second-order valence-corrected chi connectivity index (χ2v) is 6.47. The number of hydrogen-bond acceptors (Lipinski definition) is 3. The van der Waals surface area contributed by atoms with Crippen LogP contribution in [0.1, 0.15) is 46.0 Å². The second-order valence-electron chi connectivity index (χ2n) is 6.47. The molecular weight excluding hydrogens is 270 g/mol. The summed E-state index contributed by atoms with van der Waals surface area (Å²) in [5, 5.41) is 0. The Bertz CT molecular complexity index is 436. The summed E-state index contributed by atoms with van der Waals surface area (Å²) in [6.45, 7) is 5.14. The van der Waals surface area contributed by atoms with Gasteiger partial charge in [0.15, 0.2) is 0 Å². The zero-order chi connectivity index (χ0) is 15.6. The van der Waals surface area contributed by atoms with Gasteiger partial charge in [-0.05, 0) is 25.2 Å². The lowest BCUT2D eigenvalue weighted by Gasteiger charge is -2.34. The molecule has 2 rings (SSSR count). The van der Waals surface area contributed by atoms with Crippen LogP contribution in [0, 0.1) is 5.92 Å². The molecule has 2 atom stereocenters. The SMILES string of the molecule is CC(C)CC(=O)N1CCC(=O)N2C(CCC2C(N)=O)CC1. The number of nitrogens with two attached hydrogens (primary N) is 1. The highest BCUT2D eigenvalue weighted by Gasteiger charge is 2.40. The Morgan fingerprint density at radius 1 is 1.24 bits per heavy atom. The average Bonchev–Trinajstić information content (AvgIpc) is 2.78. The van der Waals surface area contributed by atoms with Crippen LogP contribution in [0.15, 0.2) is 0 Å². The summed E-state index contributed by atoms with van der Waals surface area (Å²) in [4.78, 5) is 39.4. The van der Waals surface area contributed by atoms with Crippen molar-refractivity contribution in [3.8, 4) is 0 Å². The number of hydrogen-bond donors (Lipinski definition) is 1. The first-order chi connectivity index (χ1) is 9.90. The molecule has 2 aliphatic heterocycles. The van der Waals surface area contributed by atoms with Gasteiger partial charge in [0.25, 0.3) is 0 Å². The highest BCUT2D eigenvalue weighted by molar-refractivity contribution is 5.88. The van der Waals surface area contributed by atoms with Gasteiger partial charge in [-0.3, -0.25) is 14.4 Å². The number of nitrogens with zero attached hydrogens (tertiary/aromatic N) is 2. The number of amides is 3. The van der Waals surface area contributed by atoms with E-state index in [9.17, 15) is 14.4 Å². The lowest BCUT2D eigenvalue weighted by molar-refractivity contribution is -0.142. The summed E-state index contributed by atoms with van der Waals surface area (Å²) < 4.78 is 0. The molecule has 2 unspecified atom stereocenters. The summed E-state index contributed by atoms with van der Waals surface area (Å²) in [6.07, 6.45) is 2.98. The fraction of sp³-hybridized carbons (Fsp3) is 0.800. The molecule has 2 fully saturated rings. The van der Waals surface area contributed by atoms with Crippen LogP contribution in [0.3, 0.4) is 0 Å². The molecule has 2 heterocycles. The minimum atomic E-state index is -0.458. The molecule has 0 bridgehead atoms. The molecule has 6 nitrogen and oxygen atoms in total. The van der Waals surface area contributed by atoms with Gasteiger partial charge in [0, 0.05) is 32.0 Å². The van der Waals surface area contributed by atoms with E-state index < -0.39 is 11.9 Å². The van der Waals surface area contributed by atoms with E-state index >= 15 is 0 Å². The van der Waals surface area contributed by atoms with Crippen LogP contribution in [0.5, 0.6) is 0 Å². The van der Waals surface area contributed by atoms with Crippen molar-refractivity contribution in [2.24, 2.45) is 11.7 Å². The van der Waals surface area contributed by atoms with E-state index in [-0.39, 0.29) is 24.3 Å². The van der Waals surface area contributed by atoms with Crippen LogP contribution in [0.25, 0.3) is 0 Å². The molecule has 0 radical (unpaired) electrons. The van der Waals surface area contributed by atoms with Crippen molar-refractivity contribution in [1.29, 1.82) is 0 Å². The van der Waals surface area contributed by atoms with Gasteiger partial charge in [-0.1, -0.05) is 13.8 Å². The third kappa shape index (κ3) is 3.54. The van der Waals surface area contributed by atoms with E-state index in [1.54, 1.807) is 9.80 Å². The van der Waals surface area contributed by atoms with Gasteiger partial charge >= 0.3 is 0 Å². The average molecular weight is 295 g/mol. The molecule has 0 spiro atoms. The van der Waals surface area contributed by atoms with E-state index in [0.29, 0.717) is 31.8 Å². The lowest BCUT2D eigenvalue weighted by atomic mass is 10.1. The van der Waals surface area contributed by atoms with Gasteiger partial charge in [-0.25, -0.2) is 0 Å². The van der Waals surface area contributed by atoms with Crippen LogP contribution in [-0.2, 0) is 14.4 Å². The number of carbonyl (C=O) groups is 3. The van der Waals surface area contributed by atoms with Crippen molar-refractivity contribution in [2.75, 3.05) is 13.1 Å². The zero-order valence-corrected chi connectivity index (χ0v) is 12.9. The minimum absolute atomic E-state index is 0.0460. The summed E-state index contributed by atoms with van der Waals surface area (Å²) in [7, 11) is 0. The molecule has 0 aromatic heterocycles. The summed E-state index contributed by atoms with van der Waals surface area (Å²) in [5.41, 5.74) is 5.39. The Labute approximate surface area is 125 Å². The van der Waals surface area contributed by atoms with Crippen molar-refractivity contribution >= 4 is 17.7 Å². The maximum Gasteiger partial charge on any atom is 0.240 e.